The standard InChI is InChI=1S/C70H46N2S2/c1-5-13-47(14-6-1)51-21-29-57(30-22-51)71(58-31-23-52(24-32-58)48-15-7-2-8-16-48)61-37-39-67-65(45-61)63-41-55-42-64-66-46-62(38-40-68(66)74-70(64)44-56(55)43-69(63)73-67)72(59-33-25-53(26-34-59)49-17-9-3-10-18-49)60-35-27-54(28-36-60)50-19-11-4-12-20-50/h1-46H. The Kier molecular flexibility index (Phi) is 10.9. The van der Waals surface area contributed by atoms with E-state index in [9.17, 15) is 0 Å². The largest absolute Gasteiger partial charge is 0.310 e. The number of fused-ring (bicyclic) bond motifs is 7. The smallest absolute Gasteiger partial charge is 0.0468 e. The zero-order valence-corrected chi connectivity index (χ0v) is 41.9. The molecule has 2 heterocycles. The molecule has 0 amide bonds. The van der Waals surface area contributed by atoms with Gasteiger partial charge in [-0.05, 0) is 164 Å². The summed E-state index contributed by atoms with van der Waals surface area (Å²) in [5.74, 6) is 0. The molecule has 0 unspecified atom stereocenters. The van der Waals surface area contributed by atoms with E-state index in [0.29, 0.717) is 0 Å². The van der Waals surface area contributed by atoms with Crippen molar-refractivity contribution in [1.29, 1.82) is 0 Å². The van der Waals surface area contributed by atoms with Gasteiger partial charge in [0.1, 0.15) is 0 Å². The summed E-state index contributed by atoms with van der Waals surface area (Å²) in [5.41, 5.74) is 16.3. The van der Waals surface area contributed by atoms with Crippen LogP contribution in [-0.4, -0.2) is 0 Å². The Morgan fingerprint density at radius 2 is 0.432 bits per heavy atom. The third-order valence-corrected chi connectivity index (χ3v) is 16.7. The number of benzene rings is 12. The van der Waals surface area contributed by atoms with Crippen LogP contribution in [-0.2, 0) is 0 Å². The van der Waals surface area contributed by atoms with Crippen molar-refractivity contribution in [1.82, 2.24) is 0 Å². The monoisotopic (exact) mass is 978 g/mol. The molecule has 0 spiro atoms. The minimum absolute atomic E-state index is 1.11. The molecular weight excluding hydrogens is 933 g/mol. The highest BCUT2D eigenvalue weighted by molar-refractivity contribution is 7.26. The van der Waals surface area contributed by atoms with Crippen LogP contribution >= 0.6 is 22.7 Å². The van der Waals surface area contributed by atoms with Gasteiger partial charge < -0.3 is 9.80 Å². The van der Waals surface area contributed by atoms with E-state index in [1.807, 2.05) is 22.7 Å². The van der Waals surface area contributed by atoms with E-state index in [1.165, 1.54) is 95.6 Å². The molecule has 0 bridgehead atoms. The normalized spacial score (nSPS) is 11.5. The van der Waals surface area contributed by atoms with Crippen LogP contribution in [0.4, 0.5) is 34.1 Å². The van der Waals surface area contributed by atoms with Crippen molar-refractivity contribution in [2.75, 3.05) is 9.80 Å². The van der Waals surface area contributed by atoms with Crippen LogP contribution in [0.15, 0.2) is 279 Å². The molecule has 2 aromatic heterocycles. The Morgan fingerprint density at radius 1 is 0.189 bits per heavy atom. The second-order valence-corrected chi connectivity index (χ2v) is 21.1. The average Bonchev–Trinajstić information content (AvgIpc) is 4.02. The number of hydrogen-bond donors (Lipinski definition) is 0. The molecule has 0 N–H and O–H groups in total. The first kappa shape index (κ1) is 43.7. The Labute approximate surface area is 438 Å². The maximum absolute atomic E-state index is 2.43. The van der Waals surface area contributed by atoms with Crippen LogP contribution in [0.3, 0.4) is 0 Å². The predicted molar refractivity (Wildman–Crippen MR) is 321 cm³/mol. The second kappa shape index (κ2) is 18.5. The molecule has 0 radical (unpaired) electrons. The van der Waals surface area contributed by atoms with Crippen LogP contribution in [0.5, 0.6) is 0 Å². The van der Waals surface area contributed by atoms with Crippen molar-refractivity contribution in [3.05, 3.63) is 279 Å². The third-order valence-electron chi connectivity index (χ3n) is 14.4. The van der Waals surface area contributed by atoms with Gasteiger partial charge in [0, 0.05) is 74.5 Å². The van der Waals surface area contributed by atoms with Gasteiger partial charge in [-0.25, -0.2) is 0 Å². The molecule has 0 atom stereocenters. The topological polar surface area (TPSA) is 6.48 Å². The zero-order valence-electron chi connectivity index (χ0n) is 40.3. The quantitative estimate of drug-likeness (QED) is 0.135. The van der Waals surface area contributed by atoms with Gasteiger partial charge in [0.05, 0.1) is 0 Å². The van der Waals surface area contributed by atoms with Gasteiger partial charge in [0.15, 0.2) is 0 Å². The van der Waals surface area contributed by atoms with Crippen LogP contribution in [0, 0.1) is 0 Å². The average molecular weight is 979 g/mol. The second-order valence-electron chi connectivity index (χ2n) is 18.9. The first-order valence-electron chi connectivity index (χ1n) is 25.1. The van der Waals surface area contributed by atoms with Gasteiger partial charge in [0.25, 0.3) is 0 Å². The predicted octanol–water partition coefficient (Wildman–Crippen LogP) is 21.2. The molecule has 74 heavy (non-hydrogen) atoms. The minimum Gasteiger partial charge on any atom is -0.310 e. The highest BCUT2D eigenvalue weighted by atomic mass is 32.1. The molecule has 0 aliphatic carbocycles. The van der Waals surface area contributed by atoms with Crippen LogP contribution in [0.1, 0.15) is 0 Å². The maximum atomic E-state index is 2.43. The summed E-state index contributed by atoms with van der Waals surface area (Å²) in [5, 5.41) is 7.60. The third kappa shape index (κ3) is 8.07. The molecule has 348 valence electrons. The van der Waals surface area contributed by atoms with Crippen LogP contribution in [0.25, 0.3) is 95.6 Å². The summed E-state index contributed by atoms with van der Waals surface area (Å²) in [6.07, 6.45) is 0. The molecule has 14 aromatic rings. The summed E-state index contributed by atoms with van der Waals surface area (Å²) >= 11 is 3.75. The van der Waals surface area contributed by atoms with E-state index in [1.54, 1.807) is 0 Å². The first-order chi connectivity index (χ1) is 36.6. The van der Waals surface area contributed by atoms with Crippen molar-refractivity contribution in [2.45, 2.75) is 0 Å². The summed E-state index contributed by atoms with van der Waals surface area (Å²) in [4.78, 5) is 4.79. The van der Waals surface area contributed by atoms with Gasteiger partial charge in [-0.3, -0.25) is 0 Å². The number of anilines is 6. The molecular formula is C70H46N2S2. The number of nitrogens with zero attached hydrogens (tertiary/aromatic N) is 2. The lowest BCUT2D eigenvalue weighted by Crippen LogP contribution is -2.09. The van der Waals surface area contributed by atoms with E-state index in [0.717, 1.165) is 34.1 Å². The fraction of sp³-hybridized carbons (Fsp3) is 0. The molecule has 12 aromatic carbocycles. The fourth-order valence-electron chi connectivity index (χ4n) is 10.7. The molecule has 0 saturated heterocycles. The highest BCUT2D eigenvalue weighted by Gasteiger charge is 2.19. The van der Waals surface area contributed by atoms with Gasteiger partial charge in [-0.2, -0.15) is 0 Å². The maximum Gasteiger partial charge on any atom is 0.0468 e. The number of hydrogen-bond acceptors (Lipinski definition) is 4. The van der Waals surface area contributed by atoms with E-state index in [4.69, 9.17) is 0 Å². The van der Waals surface area contributed by atoms with Crippen molar-refractivity contribution in [2.24, 2.45) is 0 Å². The molecule has 0 aliphatic rings. The molecule has 0 saturated carbocycles. The number of rotatable bonds is 10. The van der Waals surface area contributed by atoms with E-state index < -0.39 is 0 Å². The Morgan fingerprint density at radius 3 is 0.730 bits per heavy atom. The van der Waals surface area contributed by atoms with Crippen LogP contribution < -0.4 is 9.80 Å². The van der Waals surface area contributed by atoms with Gasteiger partial charge in [-0.15, -0.1) is 22.7 Å². The van der Waals surface area contributed by atoms with Crippen molar-refractivity contribution in [3.63, 3.8) is 0 Å². The van der Waals surface area contributed by atoms with Gasteiger partial charge in [-0.1, -0.05) is 170 Å². The van der Waals surface area contributed by atoms with Gasteiger partial charge >= 0.3 is 0 Å². The lowest BCUT2D eigenvalue weighted by Gasteiger charge is -2.26. The SMILES string of the molecule is c1ccc(-c2ccc(N(c3ccc(-c4ccccc4)cc3)c3ccc4sc5cc6cc7sc8ccc(N(c9ccc(-c%10ccccc%10)cc9)c9ccc(-c%10ccccc%10)cc9)cc8c7cc6cc5c4c3)cc2)cc1. The molecule has 0 aliphatic heterocycles. The van der Waals surface area contributed by atoms with E-state index in [2.05, 4.69) is 289 Å². The summed E-state index contributed by atoms with van der Waals surface area (Å²) < 4.78 is 5.16. The zero-order chi connectivity index (χ0) is 49.0. The van der Waals surface area contributed by atoms with Crippen molar-refractivity contribution in [3.8, 4) is 44.5 Å². The lowest BCUT2D eigenvalue weighted by molar-refractivity contribution is 1.29. The lowest BCUT2D eigenvalue weighted by atomic mass is 10.0. The Balaban J connectivity index is 0.867. The Bertz CT molecular complexity index is 3860. The van der Waals surface area contributed by atoms with Crippen molar-refractivity contribution < 1.29 is 0 Å². The van der Waals surface area contributed by atoms with Crippen molar-refractivity contribution >= 4 is 108 Å². The molecule has 0 fully saturated rings. The van der Waals surface area contributed by atoms with E-state index >= 15 is 0 Å². The summed E-state index contributed by atoms with van der Waals surface area (Å²) in [7, 11) is 0. The molecule has 2 nitrogen and oxygen atoms in total. The Hall–Kier alpha value is -9.06. The van der Waals surface area contributed by atoms with Gasteiger partial charge in [0.2, 0.25) is 0 Å². The summed E-state index contributed by atoms with van der Waals surface area (Å²) in [6.45, 7) is 0. The highest BCUT2D eigenvalue weighted by Crippen LogP contribution is 2.46. The first-order valence-corrected chi connectivity index (χ1v) is 26.8. The fourth-order valence-corrected chi connectivity index (χ4v) is 12.9. The molecule has 14 rings (SSSR count). The minimum atomic E-state index is 1.11. The summed E-state index contributed by atoms with van der Waals surface area (Å²) in [6, 6.07) is 102. The molecule has 4 heteroatoms. The van der Waals surface area contributed by atoms with E-state index in [-0.39, 0.29) is 0 Å². The van der Waals surface area contributed by atoms with Crippen LogP contribution in [0.2, 0.25) is 0 Å². The number of thiophene rings is 2.